The van der Waals surface area contributed by atoms with Gasteiger partial charge in [-0.25, -0.2) is 4.79 Å². The number of hydrogen-bond donors (Lipinski definition) is 1. The lowest BCUT2D eigenvalue weighted by molar-refractivity contribution is -0.139. The van der Waals surface area contributed by atoms with Crippen LogP contribution in [0.4, 0.5) is 13.2 Å². The molecule has 0 spiro atoms. The molecule has 1 heterocycles. The first kappa shape index (κ1) is 21.8. The number of furan rings is 1. The van der Waals surface area contributed by atoms with Crippen LogP contribution in [0.3, 0.4) is 0 Å². The van der Waals surface area contributed by atoms with Gasteiger partial charge in [0, 0.05) is 21.8 Å². The van der Waals surface area contributed by atoms with Gasteiger partial charge in [0.1, 0.15) is 17.3 Å². The lowest BCUT2D eigenvalue weighted by atomic mass is 10.1. The Morgan fingerprint density at radius 3 is 2.40 bits per heavy atom. The maximum atomic E-state index is 12.7. The van der Waals surface area contributed by atoms with Gasteiger partial charge in [-0.05, 0) is 55.8 Å². The first-order valence-corrected chi connectivity index (χ1v) is 9.97. The highest BCUT2D eigenvalue weighted by atomic mass is 32.2. The maximum Gasteiger partial charge on any atom is 0.416 e. The number of aryl methyl sites for hydroxylation is 2. The molecule has 8 heteroatoms. The number of halogens is 3. The number of hydrogen-bond acceptors (Lipinski definition) is 4. The lowest BCUT2D eigenvalue weighted by Crippen LogP contribution is -2.09. The van der Waals surface area contributed by atoms with Crippen LogP contribution in [0.25, 0.3) is 11.3 Å². The van der Waals surface area contributed by atoms with Crippen LogP contribution in [0.1, 0.15) is 22.5 Å². The average molecular weight is 436 g/mol. The Morgan fingerprint density at radius 2 is 1.80 bits per heavy atom. The van der Waals surface area contributed by atoms with E-state index in [0.29, 0.717) is 28.6 Å². The van der Waals surface area contributed by atoms with Crippen LogP contribution in [0.5, 0.6) is 5.75 Å². The lowest BCUT2D eigenvalue weighted by Gasteiger charge is -2.08. The van der Waals surface area contributed by atoms with E-state index in [-0.39, 0.29) is 0 Å². The summed E-state index contributed by atoms with van der Waals surface area (Å²) < 4.78 is 49.1. The third kappa shape index (κ3) is 5.38. The number of carboxylic acids is 1. The zero-order valence-corrected chi connectivity index (χ0v) is 17.1. The second kappa shape index (κ2) is 8.87. The molecule has 0 aliphatic rings. The quantitative estimate of drug-likeness (QED) is 0.438. The number of carboxylic acid groups (broad SMARTS) is 1. The van der Waals surface area contributed by atoms with Gasteiger partial charge < -0.3 is 14.3 Å². The van der Waals surface area contributed by atoms with Crippen LogP contribution in [-0.4, -0.2) is 17.7 Å². The number of carbonyl (C=O) groups is 1. The molecule has 0 aliphatic carbocycles. The Morgan fingerprint density at radius 1 is 1.10 bits per heavy atom. The maximum absolute atomic E-state index is 12.7. The molecule has 0 atom stereocenters. The zero-order chi connectivity index (χ0) is 21.9. The van der Waals surface area contributed by atoms with E-state index in [2.05, 4.69) is 0 Å². The minimum Gasteiger partial charge on any atom is -0.482 e. The van der Waals surface area contributed by atoms with Crippen molar-refractivity contribution in [1.82, 2.24) is 0 Å². The summed E-state index contributed by atoms with van der Waals surface area (Å²) in [7, 11) is 0. The molecule has 0 saturated carbocycles. The van der Waals surface area contributed by atoms with Crippen LogP contribution in [0.2, 0.25) is 0 Å². The molecule has 0 unspecified atom stereocenters. The molecule has 0 radical (unpaired) electrons. The van der Waals surface area contributed by atoms with Crippen molar-refractivity contribution in [2.24, 2.45) is 0 Å². The Kier molecular flexibility index (Phi) is 6.45. The largest absolute Gasteiger partial charge is 0.482 e. The van der Waals surface area contributed by atoms with Gasteiger partial charge in [-0.2, -0.15) is 13.2 Å². The summed E-state index contributed by atoms with van der Waals surface area (Å²) >= 11 is 1.57. The zero-order valence-electron chi connectivity index (χ0n) is 16.2. The summed E-state index contributed by atoms with van der Waals surface area (Å²) in [6, 6.07) is 12.2. The molecule has 4 nitrogen and oxygen atoms in total. The molecular formula is C22H19F3O4S. The van der Waals surface area contributed by atoms with E-state index >= 15 is 0 Å². The SMILES string of the molecule is Cc1cc(SCc2cc(-c3ccc(C(F)(F)F)cc3)oc2C)ccc1OCC(=O)O. The average Bonchev–Trinajstić information content (AvgIpc) is 3.05. The van der Waals surface area contributed by atoms with Crippen molar-refractivity contribution in [2.45, 2.75) is 30.7 Å². The van der Waals surface area contributed by atoms with Crippen molar-refractivity contribution in [3.8, 4) is 17.1 Å². The molecular weight excluding hydrogens is 417 g/mol. The van der Waals surface area contributed by atoms with Crippen molar-refractivity contribution in [3.63, 3.8) is 0 Å². The molecule has 0 bridgehead atoms. The van der Waals surface area contributed by atoms with Crippen molar-refractivity contribution < 1.29 is 32.2 Å². The molecule has 1 N–H and O–H groups in total. The highest BCUT2D eigenvalue weighted by Crippen LogP contribution is 2.34. The van der Waals surface area contributed by atoms with Crippen LogP contribution < -0.4 is 4.74 Å². The second-order valence-electron chi connectivity index (χ2n) is 6.67. The van der Waals surface area contributed by atoms with Crippen LogP contribution in [0, 0.1) is 13.8 Å². The standard InChI is InChI=1S/C22H19F3O4S/c1-13-9-18(7-8-19(13)28-11-21(26)27)30-12-16-10-20(29-14(16)2)15-3-5-17(6-4-15)22(23,24)25/h3-10H,11-12H2,1-2H3,(H,26,27). The fraction of sp³-hybridized carbons (Fsp3) is 0.227. The number of aliphatic carboxylic acids is 1. The fourth-order valence-electron chi connectivity index (χ4n) is 2.80. The van der Waals surface area contributed by atoms with Crippen LogP contribution in [0.15, 0.2) is 57.8 Å². The number of benzene rings is 2. The Balaban J connectivity index is 1.68. The minimum absolute atomic E-state index is 0.395. The Hall–Kier alpha value is -2.87. The molecule has 30 heavy (non-hydrogen) atoms. The number of rotatable bonds is 7. The van der Waals surface area contributed by atoms with E-state index in [4.69, 9.17) is 14.3 Å². The van der Waals surface area contributed by atoms with Crippen LogP contribution >= 0.6 is 11.8 Å². The van der Waals surface area contributed by atoms with Gasteiger partial charge in [0.05, 0.1) is 5.56 Å². The van der Waals surface area contributed by atoms with E-state index in [1.807, 2.05) is 32.0 Å². The number of alkyl halides is 3. The second-order valence-corrected chi connectivity index (χ2v) is 7.71. The van der Waals surface area contributed by atoms with E-state index in [0.717, 1.165) is 28.2 Å². The minimum atomic E-state index is -4.37. The number of thioether (sulfide) groups is 1. The molecule has 158 valence electrons. The predicted molar refractivity (Wildman–Crippen MR) is 108 cm³/mol. The van der Waals surface area contributed by atoms with Gasteiger partial charge in [0.2, 0.25) is 0 Å². The molecule has 3 rings (SSSR count). The topological polar surface area (TPSA) is 59.7 Å². The summed E-state index contributed by atoms with van der Waals surface area (Å²) in [5, 5.41) is 8.70. The molecule has 0 amide bonds. The monoisotopic (exact) mass is 436 g/mol. The van der Waals surface area contributed by atoms with Gasteiger partial charge in [-0.15, -0.1) is 11.8 Å². The predicted octanol–water partition coefficient (Wildman–Crippen LogP) is 6.34. The van der Waals surface area contributed by atoms with Gasteiger partial charge in [-0.3, -0.25) is 0 Å². The normalized spacial score (nSPS) is 11.5. The Bertz CT molecular complexity index is 1040. The molecule has 1 aromatic heterocycles. The van der Waals surface area contributed by atoms with E-state index in [9.17, 15) is 18.0 Å². The van der Waals surface area contributed by atoms with E-state index in [1.165, 1.54) is 12.1 Å². The van der Waals surface area contributed by atoms with Crippen LogP contribution in [-0.2, 0) is 16.7 Å². The Labute approximate surface area is 175 Å². The van der Waals surface area contributed by atoms with Gasteiger partial charge in [-0.1, -0.05) is 12.1 Å². The van der Waals surface area contributed by atoms with E-state index in [1.54, 1.807) is 17.8 Å². The van der Waals surface area contributed by atoms with Crippen molar-refractivity contribution in [2.75, 3.05) is 6.61 Å². The summed E-state index contributed by atoms with van der Waals surface area (Å²) in [6.45, 7) is 3.26. The van der Waals surface area contributed by atoms with Crippen molar-refractivity contribution in [3.05, 3.63) is 71.0 Å². The summed E-state index contributed by atoms with van der Waals surface area (Å²) in [4.78, 5) is 11.6. The molecule has 3 aromatic rings. The smallest absolute Gasteiger partial charge is 0.416 e. The van der Waals surface area contributed by atoms with Crippen molar-refractivity contribution in [1.29, 1.82) is 0 Å². The van der Waals surface area contributed by atoms with Gasteiger partial charge in [0.25, 0.3) is 0 Å². The summed E-state index contributed by atoms with van der Waals surface area (Å²) in [6.07, 6.45) is -4.37. The first-order chi connectivity index (χ1) is 14.1. The third-order valence-corrected chi connectivity index (χ3v) is 5.45. The van der Waals surface area contributed by atoms with Gasteiger partial charge in [0.15, 0.2) is 6.61 Å². The van der Waals surface area contributed by atoms with Gasteiger partial charge >= 0.3 is 12.1 Å². The third-order valence-electron chi connectivity index (χ3n) is 4.41. The van der Waals surface area contributed by atoms with Crippen molar-refractivity contribution >= 4 is 17.7 Å². The summed E-state index contributed by atoms with van der Waals surface area (Å²) in [5.41, 5.74) is 1.66. The summed E-state index contributed by atoms with van der Waals surface area (Å²) in [5.74, 6) is 1.32. The number of ether oxygens (including phenoxy) is 1. The first-order valence-electron chi connectivity index (χ1n) is 8.98. The molecule has 0 fully saturated rings. The van der Waals surface area contributed by atoms with E-state index < -0.39 is 24.3 Å². The molecule has 2 aromatic carbocycles. The molecule has 0 saturated heterocycles. The fourth-order valence-corrected chi connectivity index (χ4v) is 3.84. The highest BCUT2D eigenvalue weighted by Gasteiger charge is 2.30. The molecule has 0 aliphatic heterocycles. The highest BCUT2D eigenvalue weighted by molar-refractivity contribution is 7.98.